The number of ether oxygens (including phenoxy) is 1. The zero-order valence-electron chi connectivity index (χ0n) is 16.1. The molecule has 0 bridgehead atoms. The Labute approximate surface area is 165 Å². The number of aromatic nitrogens is 1. The molecule has 3 aromatic rings. The molecule has 142 valence electrons. The van der Waals surface area contributed by atoms with Gasteiger partial charge in [0.2, 0.25) is 0 Å². The van der Waals surface area contributed by atoms with Crippen LogP contribution in [0.5, 0.6) is 5.75 Å². The third-order valence-electron chi connectivity index (χ3n) is 4.86. The van der Waals surface area contributed by atoms with Crippen LogP contribution in [0, 0.1) is 6.92 Å². The Morgan fingerprint density at radius 1 is 1.14 bits per heavy atom. The van der Waals surface area contributed by atoms with Crippen LogP contribution in [0.4, 0.5) is 10.5 Å². The van der Waals surface area contributed by atoms with Gasteiger partial charge >= 0.3 is 6.03 Å². The van der Waals surface area contributed by atoms with Crippen LogP contribution >= 0.6 is 0 Å². The van der Waals surface area contributed by atoms with Gasteiger partial charge in [0.25, 0.3) is 0 Å². The highest BCUT2D eigenvalue weighted by molar-refractivity contribution is 5.90. The van der Waals surface area contributed by atoms with Crippen molar-refractivity contribution in [1.82, 2.24) is 9.88 Å². The van der Waals surface area contributed by atoms with Gasteiger partial charge in [-0.05, 0) is 49.7 Å². The Morgan fingerprint density at radius 2 is 1.96 bits per heavy atom. The van der Waals surface area contributed by atoms with Crippen LogP contribution in [-0.4, -0.2) is 28.6 Å². The number of anilines is 1. The molecule has 0 saturated heterocycles. The summed E-state index contributed by atoms with van der Waals surface area (Å²) in [6.45, 7) is 5.07. The van der Waals surface area contributed by atoms with Gasteiger partial charge in [0.05, 0.1) is 18.8 Å². The van der Waals surface area contributed by atoms with Crippen LogP contribution in [0.25, 0.3) is 11.3 Å². The van der Waals surface area contributed by atoms with Crippen molar-refractivity contribution in [2.75, 3.05) is 11.9 Å². The summed E-state index contributed by atoms with van der Waals surface area (Å²) in [6.07, 6.45) is 1.70. The lowest BCUT2D eigenvalue weighted by Gasteiger charge is -2.23. The number of fused-ring (bicyclic) bond motifs is 1. The van der Waals surface area contributed by atoms with E-state index in [4.69, 9.17) is 4.74 Å². The van der Waals surface area contributed by atoms with E-state index >= 15 is 0 Å². The molecular weight excluding hydrogens is 350 g/mol. The van der Waals surface area contributed by atoms with Crippen LogP contribution < -0.4 is 10.1 Å². The summed E-state index contributed by atoms with van der Waals surface area (Å²) in [7, 11) is 0. The number of carbonyl (C=O) groups excluding carboxylic acids is 1. The van der Waals surface area contributed by atoms with Gasteiger partial charge in [-0.2, -0.15) is 0 Å². The lowest BCUT2D eigenvalue weighted by atomic mass is 10.0. The molecule has 0 spiro atoms. The molecule has 5 heteroatoms. The fourth-order valence-corrected chi connectivity index (χ4v) is 3.44. The van der Waals surface area contributed by atoms with Gasteiger partial charge in [0, 0.05) is 23.0 Å². The Balaban J connectivity index is 1.55. The van der Waals surface area contributed by atoms with E-state index < -0.39 is 0 Å². The van der Waals surface area contributed by atoms with Crippen LogP contribution in [0.1, 0.15) is 18.1 Å². The number of urea groups is 1. The normalized spacial score (nSPS) is 15.9. The number of rotatable bonds is 2. The maximum absolute atomic E-state index is 13.0. The lowest BCUT2D eigenvalue weighted by molar-refractivity contribution is 0.167. The highest BCUT2D eigenvalue weighted by Crippen LogP contribution is 2.27. The standard InChI is InChI=1S/C23H23N3O2/c1-16-10-11-19(13-20(16)21-8-5-6-12-24-21)25-23(27)26-14-17(2)28-22-9-4-3-7-18(22)15-26/h3-13,17H,14-15H2,1-2H3,(H,25,27)/t17-/m1/s1. The minimum atomic E-state index is -0.136. The number of benzene rings is 2. The van der Waals surface area contributed by atoms with Crippen LogP contribution in [-0.2, 0) is 6.54 Å². The first-order chi connectivity index (χ1) is 13.6. The number of nitrogens with zero attached hydrogens (tertiary/aromatic N) is 2. The van der Waals surface area contributed by atoms with E-state index in [1.165, 1.54) is 0 Å². The summed E-state index contributed by atoms with van der Waals surface area (Å²) >= 11 is 0. The van der Waals surface area contributed by atoms with Gasteiger partial charge in [-0.25, -0.2) is 4.79 Å². The molecule has 28 heavy (non-hydrogen) atoms. The predicted molar refractivity (Wildman–Crippen MR) is 110 cm³/mol. The summed E-state index contributed by atoms with van der Waals surface area (Å²) in [5.74, 6) is 0.845. The van der Waals surface area contributed by atoms with Crippen molar-refractivity contribution in [3.8, 4) is 17.0 Å². The fourth-order valence-electron chi connectivity index (χ4n) is 3.44. The van der Waals surface area contributed by atoms with E-state index in [0.717, 1.165) is 33.8 Å². The van der Waals surface area contributed by atoms with Gasteiger partial charge in [-0.1, -0.05) is 30.3 Å². The molecular formula is C23H23N3O2. The number of aryl methyl sites for hydroxylation is 1. The molecule has 0 fully saturated rings. The highest BCUT2D eigenvalue weighted by atomic mass is 16.5. The second-order valence-electron chi connectivity index (χ2n) is 7.09. The highest BCUT2D eigenvalue weighted by Gasteiger charge is 2.23. The average Bonchev–Trinajstić information content (AvgIpc) is 2.88. The summed E-state index contributed by atoms with van der Waals surface area (Å²) in [5.41, 5.74) is 4.78. The Hall–Kier alpha value is -3.34. The topological polar surface area (TPSA) is 54.5 Å². The van der Waals surface area contributed by atoms with Gasteiger partial charge in [0.1, 0.15) is 11.9 Å². The smallest absolute Gasteiger partial charge is 0.322 e. The minimum Gasteiger partial charge on any atom is -0.489 e. The molecule has 1 aromatic heterocycles. The molecule has 5 nitrogen and oxygen atoms in total. The van der Waals surface area contributed by atoms with Crippen LogP contribution in [0.3, 0.4) is 0 Å². The lowest BCUT2D eigenvalue weighted by Crippen LogP contribution is -2.38. The number of pyridine rings is 1. The Bertz CT molecular complexity index is 988. The van der Waals surface area contributed by atoms with E-state index in [1.807, 2.05) is 74.5 Å². The van der Waals surface area contributed by atoms with E-state index in [1.54, 1.807) is 11.1 Å². The quantitative estimate of drug-likeness (QED) is 0.697. The molecule has 0 radical (unpaired) electrons. The number of nitrogens with one attached hydrogen (secondary N) is 1. The zero-order chi connectivity index (χ0) is 19.5. The van der Waals surface area contributed by atoms with Crippen molar-refractivity contribution in [3.63, 3.8) is 0 Å². The van der Waals surface area contributed by atoms with Gasteiger partial charge in [-0.15, -0.1) is 0 Å². The fraction of sp³-hybridized carbons (Fsp3) is 0.217. The monoisotopic (exact) mass is 373 g/mol. The van der Waals surface area contributed by atoms with Crippen molar-refractivity contribution in [1.29, 1.82) is 0 Å². The largest absolute Gasteiger partial charge is 0.489 e. The predicted octanol–water partition coefficient (Wildman–Crippen LogP) is 4.87. The molecule has 1 aliphatic rings. The molecule has 1 N–H and O–H groups in total. The average molecular weight is 373 g/mol. The second-order valence-corrected chi connectivity index (χ2v) is 7.09. The zero-order valence-corrected chi connectivity index (χ0v) is 16.1. The van der Waals surface area contributed by atoms with E-state index in [9.17, 15) is 4.79 Å². The second kappa shape index (κ2) is 7.72. The first kappa shape index (κ1) is 18.0. The number of amides is 2. The summed E-state index contributed by atoms with van der Waals surface area (Å²) in [4.78, 5) is 19.2. The van der Waals surface area contributed by atoms with Crippen LogP contribution in [0.15, 0.2) is 66.9 Å². The molecule has 2 aromatic carbocycles. The van der Waals surface area contributed by atoms with Crippen molar-refractivity contribution in [2.45, 2.75) is 26.5 Å². The van der Waals surface area contributed by atoms with Crippen molar-refractivity contribution < 1.29 is 9.53 Å². The summed E-state index contributed by atoms with van der Waals surface area (Å²) in [5, 5.41) is 3.03. The van der Waals surface area contributed by atoms with Crippen molar-refractivity contribution >= 4 is 11.7 Å². The minimum absolute atomic E-state index is 0.0727. The van der Waals surface area contributed by atoms with Gasteiger partial charge in [-0.3, -0.25) is 4.98 Å². The Kier molecular flexibility index (Phi) is 4.98. The first-order valence-corrected chi connectivity index (χ1v) is 9.43. The maximum Gasteiger partial charge on any atom is 0.322 e. The Morgan fingerprint density at radius 3 is 2.79 bits per heavy atom. The summed E-state index contributed by atoms with van der Waals surface area (Å²) in [6, 6.07) is 19.5. The van der Waals surface area contributed by atoms with Crippen LogP contribution in [0.2, 0.25) is 0 Å². The molecule has 2 amide bonds. The van der Waals surface area contributed by atoms with Gasteiger partial charge < -0.3 is 15.0 Å². The summed E-state index contributed by atoms with van der Waals surface area (Å²) < 4.78 is 5.95. The SMILES string of the molecule is Cc1ccc(NC(=O)N2Cc3ccccc3O[C@H](C)C2)cc1-c1ccccn1. The molecule has 1 aliphatic heterocycles. The van der Waals surface area contributed by atoms with Crippen molar-refractivity contribution in [2.24, 2.45) is 0 Å². The molecule has 0 aliphatic carbocycles. The van der Waals surface area contributed by atoms with Crippen molar-refractivity contribution in [3.05, 3.63) is 78.0 Å². The number of hydrogen-bond acceptors (Lipinski definition) is 3. The number of para-hydroxylation sites is 1. The molecule has 0 saturated carbocycles. The maximum atomic E-state index is 13.0. The third-order valence-corrected chi connectivity index (χ3v) is 4.86. The molecule has 4 rings (SSSR count). The molecule has 1 atom stereocenters. The van der Waals surface area contributed by atoms with E-state index in [0.29, 0.717) is 13.1 Å². The number of hydrogen-bond donors (Lipinski definition) is 1. The van der Waals surface area contributed by atoms with E-state index in [-0.39, 0.29) is 12.1 Å². The molecule has 2 heterocycles. The first-order valence-electron chi connectivity index (χ1n) is 9.43. The van der Waals surface area contributed by atoms with Gasteiger partial charge in [0.15, 0.2) is 0 Å². The number of carbonyl (C=O) groups is 1. The third kappa shape index (κ3) is 3.83. The molecule has 0 unspecified atom stereocenters. The van der Waals surface area contributed by atoms with E-state index in [2.05, 4.69) is 10.3 Å².